The maximum Gasteiger partial charge on any atom is 0.416 e. The molecular weight excluding hydrogens is 339 g/mol. The van der Waals surface area contributed by atoms with Gasteiger partial charge in [0, 0.05) is 5.56 Å². The number of likely N-dealkylation sites (tertiary alicyclic amines) is 1. The number of benzene rings is 2. The first-order valence-corrected chi connectivity index (χ1v) is 8.93. The van der Waals surface area contributed by atoms with Crippen molar-refractivity contribution in [1.82, 2.24) is 9.97 Å². The van der Waals surface area contributed by atoms with E-state index in [4.69, 9.17) is 4.98 Å². The predicted octanol–water partition coefficient (Wildman–Crippen LogP) is 3.54. The highest BCUT2D eigenvalue weighted by atomic mass is 19.4. The minimum Gasteiger partial charge on any atom is -0.342 e. The van der Waals surface area contributed by atoms with Crippen LogP contribution in [0.2, 0.25) is 0 Å². The topological polar surface area (TPSA) is 33.1 Å². The number of piperidine rings is 1. The fraction of sp³-hybridized carbons (Fsp3) is 0.350. The minimum atomic E-state index is -4.29. The zero-order chi connectivity index (χ0) is 18.1. The van der Waals surface area contributed by atoms with Crippen molar-refractivity contribution >= 4 is 11.0 Å². The number of aromatic amines is 1. The second-order valence-corrected chi connectivity index (χ2v) is 7.06. The van der Waals surface area contributed by atoms with E-state index in [0.717, 1.165) is 54.4 Å². The summed E-state index contributed by atoms with van der Waals surface area (Å²) in [4.78, 5) is 9.42. The highest BCUT2D eigenvalue weighted by molar-refractivity contribution is 5.74. The summed E-state index contributed by atoms with van der Waals surface area (Å²) in [6, 6.07) is 13.7. The lowest BCUT2D eigenvalue weighted by Crippen LogP contribution is -3.12. The Morgan fingerprint density at radius 2 is 1.96 bits per heavy atom. The molecule has 0 aliphatic carbocycles. The Hall–Kier alpha value is -2.34. The van der Waals surface area contributed by atoms with E-state index in [9.17, 15) is 13.2 Å². The Morgan fingerprint density at radius 3 is 2.77 bits per heavy atom. The van der Waals surface area contributed by atoms with Crippen LogP contribution >= 0.6 is 0 Å². The maximum atomic E-state index is 12.9. The number of fused-ring (bicyclic) bond motifs is 1. The summed E-state index contributed by atoms with van der Waals surface area (Å²) < 4.78 is 38.7. The number of halogens is 3. The number of rotatable bonds is 3. The van der Waals surface area contributed by atoms with Crippen molar-refractivity contribution in [2.24, 2.45) is 0 Å². The van der Waals surface area contributed by atoms with Gasteiger partial charge in [-0.3, -0.25) is 0 Å². The summed E-state index contributed by atoms with van der Waals surface area (Å²) in [6.07, 6.45) is -2.17. The molecule has 1 aliphatic heterocycles. The number of hydrogen-bond donors (Lipinski definition) is 2. The Bertz CT molecular complexity index is 867. The summed E-state index contributed by atoms with van der Waals surface area (Å²) in [7, 11) is 0. The number of hydrogen-bond acceptors (Lipinski definition) is 1. The third kappa shape index (κ3) is 3.60. The van der Waals surface area contributed by atoms with Crippen molar-refractivity contribution in [1.29, 1.82) is 0 Å². The monoisotopic (exact) mass is 360 g/mol. The van der Waals surface area contributed by atoms with Crippen molar-refractivity contribution in [3.05, 3.63) is 65.5 Å². The van der Waals surface area contributed by atoms with E-state index in [0.29, 0.717) is 12.5 Å². The van der Waals surface area contributed by atoms with E-state index in [1.165, 1.54) is 17.0 Å². The molecule has 1 aliphatic rings. The second-order valence-electron chi connectivity index (χ2n) is 7.06. The van der Waals surface area contributed by atoms with Gasteiger partial charge in [0.15, 0.2) is 0 Å². The third-order valence-electron chi connectivity index (χ3n) is 5.12. The second kappa shape index (κ2) is 6.76. The number of alkyl halides is 3. The minimum absolute atomic E-state index is 0.317. The quantitative estimate of drug-likeness (QED) is 0.736. The lowest BCUT2D eigenvalue weighted by atomic mass is 9.96. The number of para-hydroxylation sites is 2. The average Bonchev–Trinajstić information content (AvgIpc) is 3.06. The molecule has 136 valence electrons. The molecule has 3 aromatic rings. The molecule has 4 rings (SSSR count). The van der Waals surface area contributed by atoms with Gasteiger partial charge in [-0.15, -0.1) is 0 Å². The van der Waals surface area contributed by atoms with Crippen LogP contribution in [0.25, 0.3) is 11.0 Å². The van der Waals surface area contributed by atoms with Crippen LogP contribution in [0.3, 0.4) is 0 Å². The van der Waals surface area contributed by atoms with Gasteiger partial charge in [-0.05, 0) is 37.1 Å². The standard InChI is InChI=1S/C20H20F3N3/c21-20(22,23)16-7-3-5-14(11-16)12-26-10-4-6-15(13-26)19-24-17-8-1-2-9-18(17)25-19/h1-3,5,7-9,11,15H,4,6,10,12-13H2,(H,24,25)/p+1/t15-/m1/s1. The summed E-state index contributed by atoms with van der Waals surface area (Å²) in [5, 5.41) is 0. The van der Waals surface area contributed by atoms with Crippen LogP contribution in [0, 0.1) is 0 Å². The van der Waals surface area contributed by atoms with Crippen LogP contribution in [0.15, 0.2) is 48.5 Å². The van der Waals surface area contributed by atoms with Gasteiger partial charge in [0.25, 0.3) is 0 Å². The molecule has 0 bridgehead atoms. The highest BCUT2D eigenvalue weighted by Crippen LogP contribution is 2.29. The molecule has 26 heavy (non-hydrogen) atoms. The number of nitrogens with zero attached hydrogens (tertiary/aromatic N) is 1. The van der Waals surface area contributed by atoms with E-state index in [1.54, 1.807) is 6.07 Å². The molecule has 1 unspecified atom stereocenters. The largest absolute Gasteiger partial charge is 0.416 e. The number of imidazole rings is 1. The van der Waals surface area contributed by atoms with Crippen molar-refractivity contribution in [3.8, 4) is 0 Å². The Labute approximate surface area is 149 Å². The van der Waals surface area contributed by atoms with Gasteiger partial charge in [-0.2, -0.15) is 13.2 Å². The zero-order valence-corrected chi connectivity index (χ0v) is 14.3. The van der Waals surface area contributed by atoms with Crippen molar-refractivity contribution in [3.63, 3.8) is 0 Å². The highest BCUT2D eigenvalue weighted by Gasteiger charge is 2.31. The van der Waals surface area contributed by atoms with Crippen molar-refractivity contribution in [2.75, 3.05) is 13.1 Å². The molecule has 0 saturated carbocycles. The SMILES string of the molecule is FC(F)(F)c1cccc(C[NH+]2CCC[C@@H](c3nc4ccccc4[nH]3)C2)c1. The summed E-state index contributed by atoms with van der Waals surface area (Å²) >= 11 is 0. The van der Waals surface area contributed by atoms with E-state index in [2.05, 4.69) is 4.98 Å². The van der Waals surface area contributed by atoms with Gasteiger partial charge in [0.1, 0.15) is 12.4 Å². The van der Waals surface area contributed by atoms with Crippen molar-refractivity contribution < 1.29 is 18.1 Å². The summed E-state index contributed by atoms with van der Waals surface area (Å²) in [5.41, 5.74) is 2.17. The fourth-order valence-electron chi connectivity index (χ4n) is 3.86. The van der Waals surface area contributed by atoms with Crippen molar-refractivity contribution in [2.45, 2.75) is 31.5 Å². The molecule has 3 nitrogen and oxygen atoms in total. The lowest BCUT2D eigenvalue weighted by molar-refractivity contribution is -0.920. The van der Waals surface area contributed by atoms with Crippen LogP contribution in [-0.2, 0) is 12.7 Å². The molecule has 2 N–H and O–H groups in total. The van der Waals surface area contributed by atoms with Gasteiger partial charge < -0.3 is 9.88 Å². The molecule has 6 heteroatoms. The first kappa shape index (κ1) is 17.1. The molecule has 0 amide bonds. The number of quaternary nitrogens is 1. The van der Waals surface area contributed by atoms with Gasteiger partial charge in [-0.1, -0.05) is 24.3 Å². The van der Waals surface area contributed by atoms with Gasteiger partial charge in [-0.25, -0.2) is 4.98 Å². The van der Waals surface area contributed by atoms with Crippen LogP contribution in [0.5, 0.6) is 0 Å². The Kier molecular flexibility index (Phi) is 4.44. The number of nitrogens with one attached hydrogen (secondary N) is 2. The van der Waals surface area contributed by atoms with Crippen LogP contribution < -0.4 is 4.90 Å². The van der Waals surface area contributed by atoms with E-state index in [-0.39, 0.29) is 0 Å². The molecular formula is C20H21F3N3+. The van der Waals surface area contributed by atoms with E-state index < -0.39 is 11.7 Å². The number of H-pyrrole nitrogens is 1. The first-order chi connectivity index (χ1) is 12.5. The Morgan fingerprint density at radius 1 is 1.12 bits per heavy atom. The Balaban J connectivity index is 1.48. The zero-order valence-electron chi connectivity index (χ0n) is 14.3. The summed E-state index contributed by atoms with van der Waals surface area (Å²) in [6.45, 7) is 2.48. The summed E-state index contributed by atoms with van der Waals surface area (Å²) in [5.74, 6) is 1.31. The van der Waals surface area contributed by atoms with Gasteiger partial charge >= 0.3 is 6.18 Å². The number of aromatic nitrogens is 2. The van der Waals surface area contributed by atoms with Gasteiger partial charge in [0.05, 0.1) is 35.6 Å². The molecule has 1 saturated heterocycles. The molecule has 0 spiro atoms. The molecule has 1 aromatic heterocycles. The molecule has 2 aromatic carbocycles. The average molecular weight is 360 g/mol. The van der Waals surface area contributed by atoms with Crippen LogP contribution in [0.1, 0.15) is 35.7 Å². The molecule has 2 heterocycles. The van der Waals surface area contributed by atoms with Gasteiger partial charge in [0.2, 0.25) is 0 Å². The van der Waals surface area contributed by atoms with Crippen LogP contribution in [0.4, 0.5) is 13.2 Å². The molecule has 0 radical (unpaired) electrons. The normalized spacial score (nSPS) is 21.2. The van der Waals surface area contributed by atoms with Crippen LogP contribution in [-0.4, -0.2) is 23.1 Å². The molecule has 2 atom stereocenters. The molecule has 1 fully saturated rings. The smallest absolute Gasteiger partial charge is 0.342 e. The fourth-order valence-corrected chi connectivity index (χ4v) is 3.86. The third-order valence-corrected chi connectivity index (χ3v) is 5.12. The first-order valence-electron chi connectivity index (χ1n) is 8.93. The van der Waals surface area contributed by atoms with E-state index >= 15 is 0 Å². The lowest BCUT2D eigenvalue weighted by Gasteiger charge is -2.29. The van der Waals surface area contributed by atoms with E-state index in [1.807, 2.05) is 24.3 Å². The predicted molar refractivity (Wildman–Crippen MR) is 93.9 cm³/mol. The maximum absolute atomic E-state index is 12.9.